The van der Waals surface area contributed by atoms with Gasteiger partial charge in [0, 0.05) is 0 Å². The molecule has 1 atom stereocenters. The Morgan fingerprint density at radius 2 is 2.23 bits per heavy atom. The highest BCUT2D eigenvalue weighted by atomic mass is 16.5. The molecule has 0 radical (unpaired) electrons. The molecule has 2 N–H and O–H groups in total. The van der Waals surface area contributed by atoms with Gasteiger partial charge in [0.05, 0.1) is 0 Å². The summed E-state index contributed by atoms with van der Waals surface area (Å²) in [4.78, 5) is 4.30. The standard InChI is InChI=1S/C10H12N2O/c1-6-4-3-5-8-9(6)12-10(11)7(2)13-8/h3-5,7H,1-2H3,(H2,11,12). The van der Waals surface area contributed by atoms with Crippen LogP contribution in [0.15, 0.2) is 23.2 Å². The molecule has 0 saturated heterocycles. The highest BCUT2D eigenvalue weighted by Gasteiger charge is 2.18. The van der Waals surface area contributed by atoms with Crippen LogP contribution in [0.4, 0.5) is 5.69 Å². The van der Waals surface area contributed by atoms with Gasteiger partial charge in [-0.1, -0.05) is 12.1 Å². The SMILES string of the molecule is Cc1cccc2c1N=C(N)C(C)O2. The van der Waals surface area contributed by atoms with Crippen LogP contribution >= 0.6 is 0 Å². The fourth-order valence-electron chi connectivity index (χ4n) is 1.34. The van der Waals surface area contributed by atoms with Gasteiger partial charge >= 0.3 is 0 Å². The number of ether oxygens (including phenoxy) is 1. The summed E-state index contributed by atoms with van der Waals surface area (Å²) in [6.45, 7) is 3.89. The molecule has 2 rings (SSSR count). The van der Waals surface area contributed by atoms with Gasteiger partial charge in [-0.05, 0) is 25.5 Å². The molecular formula is C10H12N2O. The lowest BCUT2D eigenvalue weighted by atomic mass is 10.1. The molecule has 68 valence electrons. The zero-order chi connectivity index (χ0) is 9.42. The molecule has 0 bridgehead atoms. The Labute approximate surface area is 77.2 Å². The number of fused-ring (bicyclic) bond motifs is 1. The van der Waals surface area contributed by atoms with Crippen molar-refractivity contribution in [3.63, 3.8) is 0 Å². The minimum atomic E-state index is -0.116. The summed E-state index contributed by atoms with van der Waals surface area (Å²) in [5, 5.41) is 0. The molecule has 1 heterocycles. The first-order chi connectivity index (χ1) is 6.18. The van der Waals surface area contributed by atoms with Gasteiger partial charge in [0.25, 0.3) is 0 Å². The minimum absolute atomic E-state index is 0.116. The molecule has 13 heavy (non-hydrogen) atoms. The molecule has 3 nitrogen and oxygen atoms in total. The number of aliphatic imine (C=N–C) groups is 1. The first-order valence-electron chi connectivity index (χ1n) is 4.29. The monoisotopic (exact) mass is 176 g/mol. The van der Waals surface area contributed by atoms with E-state index in [1.807, 2.05) is 32.0 Å². The van der Waals surface area contributed by atoms with Crippen LogP contribution in [0.2, 0.25) is 0 Å². The van der Waals surface area contributed by atoms with Gasteiger partial charge in [0.1, 0.15) is 17.3 Å². The highest BCUT2D eigenvalue weighted by Crippen LogP contribution is 2.34. The molecule has 0 aromatic heterocycles. The third-order valence-electron chi connectivity index (χ3n) is 2.16. The van der Waals surface area contributed by atoms with Crippen LogP contribution in [0, 0.1) is 6.92 Å². The molecular weight excluding hydrogens is 164 g/mol. The average Bonchev–Trinajstić information content (AvgIpc) is 2.09. The molecule has 0 fully saturated rings. The van der Waals surface area contributed by atoms with Gasteiger partial charge in [-0.2, -0.15) is 0 Å². The smallest absolute Gasteiger partial charge is 0.153 e. The van der Waals surface area contributed by atoms with Crippen molar-refractivity contribution in [2.75, 3.05) is 0 Å². The summed E-state index contributed by atoms with van der Waals surface area (Å²) in [6.07, 6.45) is -0.116. The topological polar surface area (TPSA) is 47.6 Å². The Balaban J connectivity index is 2.57. The second-order valence-corrected chi connectivity index (χ2v) is 3.22. The van der Waals surface area contributed by atoms with Crippen molar-refractivity contribution in [1.29, 1.82) is 0 Å². The van der Waals surface area contributed by atoms with Crippen LogP contribution < -0.4 is 10.5 Å². The van der Waals surface area contributed by atoms with E-state index in [-0.39, 0.29) is 6.10 Å². The van der Waals surface area contributed by atoms with E-state index in [0.29, 0.717) is 5.84 Å². The normalized spacial score (nSPS) is 20.2. The lowest BCUT2D eigenvalue weighted by Crippen LogP contribution is -2.33. The Bertz CT molecular complexity index is 371. The molecule has 1 aromatic rings. The average molecular weight is 176 g/mol. The predicted octanol–water partition coefficient (Wildman–Crippen LogP) is 1.76. The van der Waals surface area contributed by atoms with Crippen molar-refractivity contribution in [3.05, 3.63) is 23.8 Å². The van der Waals surface area contributed by atoms with Crippen molar-refractivity contribution in [1.82, 2.24) is 0 Å². The maximum absolute atomic E-state index is 5.69. The highest BCUT2D eigenvalue weighted by molar-refractivity contribution is 5.90. The van der Waals surface area contributed by atoms with E-state index in [4.69, 9.17) is 10.5 Å². The largest absolute Gasteiger partial charge is 0.481 e. The van der Waals surface area contributed by atoms with E-state index in [2.05, 4.69) is 4.99 Å². The molecule has 0 aliphatic carbocycles. The van der Waals surface area contributed by atoms with E-state index >= 15 is 0 Å². The summed E-state index contributed by atoms with van der Waals surface area (Å²) >= 11 is 0. The van der Waals surface area contributed by atoms with Crippen LogP contribution in [0.25, 0.3) is 0 Å². The van der Waals surface area contributed by atoms with E-state index < -0.39 is 0 Å². The van der Waals surface area contributed by atoms with Crippen LogP contribution in [0.3, 0.4) is 0 Å². The van der Waals surface area contributed by atoms with E-state index in [0.717, 1.165) is 17.0 Å². The van der Waals surface area contributed by atoms with Crippen molar-refractivity contribution in [2.45, 2.75) is 20.0 Å². The molecule has 1 unspecified atom stereocenters. The van der Waals surface area contributed by atoms with Crippen LogP contribution in [0.5, 0.6) is 5.75 Å². The number of hydrogen-bond donors (Lipinski definition) is 1. The Kier molecular flexibility index (Phi) is 1.72. The van der Waals surface area contributed by atoms with Gasteiger partial charge in [-0.25, -0.2) is 4.99 Å². The van der Waals surface area contributed by atoms with Crippen LogP contribution in [-0.2, 0) is 0 Å². The Morgan fingerprint density at radius 3 is 3.00 bits per heavy atom. The summed E-state index contributed by atoms with van der Waals surface area (Å²) in [5.74, 6) is 1.36. The number of nitrogens with zero attached hydrogens (tertiary/aromatic N) is 1. The molecule has 0 spiro atoms. The molecule has 1 aliphatic heterocycles. The number of amidine groups is 1. The van der Waals surface area contributed by atoms with Crippen molar-refractivity contribution in [3.8, 4) is 5.75 Å². The number of aryl methyl sites for hydroxylation is 1. The summed E-state index contributed by atoms with van der Waals surface area (Å²) in [6, 6.07) is 5.86. The van der Waals surface area contributed by atoms with Crippen molar-refractivity contribution < 1.29 is 4.74 Å². The van der Waals surface area contributed by atoms with Gasteiger partial charge in [-0.15, -0.1) is 0 Å². The number of nitrogens with two attached hydrogens (primary N) is 1. The van der Waals surface area contributed by atoms with E-state index in [1.165, 1.54) is 0 Å². The number of hydrogen-bond acceptors (Lipinski definition) is 3. The quantitative estimate of drug-likeness (QED) is 0.654. The maximum Gasteiger partial charge on any atom is 0.153 e. The minimum Gasteiger partial charge on any atom is -0.481 e. The molecule has 0 saturated carbocycles. The zero-order valence-corrected chi connectivity index (χ0v) is 7.74. The Morgan fingerprint density at radius 1 is 1.46 bits per heavy atom. The lowest BCUT2D eigenvalue weighted by Gasteiger charge is -2.21. The maximum atomic E-state index is 5.69. The number of rotatable bonds is 0. The zero-order valence-electron chi connectivity index (χ0n) is 7.74. The molecule has 3 heteroatoms. The summed E-state index contributed by atoms with van der Waals surface area (Å²) in [5.41, 5.74) is 7.64. The fourth-order valence-corrected chi connectivity index (χ4v) is 1.34. The summed E-state index contributed by atoms with van der Waals surface area (Å²) < 4.78 is 5.57. The summed E-state index contributed by atoms with van der Waals surface area (Å²) in [7, 11) is 0. The molecule has 1 aromatic carbocycles. The van der Waals surface area contributed by atoms with E-state index in [1.54, 1.807) is 0 Å². The number of benzene rings is 1. The second kappa shape index (κ2) is 2.76. The van der Waals surface area contributed by atoms with Gasteiger partial charge < -0.3 is 10.5 Å². The van der Waals surface area contributed by atoms with E-state index in [9.17, 15) is 0 Å². The third-order valence-corrected chi connectivity index (χ3v) is 2.16. The third kappa shape index (κ3) is 1.26. The lowest BCUT2D eigenvalue weighted by molar-refractivity contribution is 0.281. The first kappa shape index (κ1) is 8.10. The number of para-hydroxylation sites is 1. The molecule has 0 amide bonds. The molecule has 1 aliphatic rings. The Hall–Kier alpha value is -1.51. The second-order valence-electron chi connectivity index (χ2n) is 3.22. The predicted molar refractivity (Wildman–Crippen MR) is 52.6 cm³/mol. The van der Waals surface area contributed by atoms with Crippen LogP contribution in [-0.4, -0.2) is 11.9 Å². The van der Waals surface area contributed by atoms with Gasteiger partial charge in [-0.3, -0.25) is 0 Å². The van der Waals surface area contributed by atoms with Gasteiger partial charge in [0.2, 0.25) is 0 Å². The first-order valence-corrected chi connectivity index (χ1v) is 4.29. The van der Waals surface area contributed by atoms with Crippen LogP contribution in [0.1, 0.15) is 12.5 Å². The van der Waals surface area contributed by atoms with Crippen molar-refractivity contribution >= 4 is 11.5 Å². The fraction of sp³-hybridized carbons (Fsp3) is 0.300. The van der Waals surface area contributed by atoms with Gasteiger partial charge in [0.15, 0.2) is 6.10 Å². The van der Waals surface area contributed by atoms with Crippen molar-refractivity contribution in [2.24, 2.45) is 10.7 Å².